The van der Waals surface area contributed by atoms with Crippen molar-refractivity contribution in [2.45, 2.75) is 59.2 Å². The molecule has 0 saturated heterocycles. The number of aromatic nitrogens is 1. The third-order valence-corrected chi connectivity index (χ3v) is 5.78. The van der Waals surface area contributed by atoms with Gasteiger partial charge < -0.3 is 19.4 Å². The van der Waals surface area contributed by atoms with Crippen molar-refractivity contribution < 1.29 is 24.0 Å². The van der Waals surface area contributed by atoms with Gasteiger partial charge in [-0.2, -0.15) is 0 Å². The van der Waals surface area contributed by atoms with Crippen LogP contribution in [0.15, 0.2) is 24.3 Å². The summed E-state index contributed by atoms with van der Waals surface area (Å²) in [7, 11) is 1.66. The number of Topliss-reactive ketones (excluding diaryl/α,β-unsaturated/α-hetero) is 1. The number of ether oxygens (including phenoxy) is 2. The molecule has 29 heavy (non-hydrogen) atoms. The number of methoxy groups -OCH3 is 1. The summed E-state index contributed by atoms with van der Waals surface area (Å²) in [5, 5.41) is 0. The molecule has 1 fully saturated rings. The van der Waals surface area contributed by atoms with Crippen LogP contribution in [0.4, 0.5) is 0 Å². The second kappa shape index (κ2) is 8.82. The quantitative estimate of drug-likeness (QED) is 0.502. The number of esters is 1. The van der Waals surface area contributed by atoms with E-state index in [0.717, 1.165) is 25.1 Å². The summed E-state index contributed by atoms with van der Waals surface area (Å²) >= 11 is 0. The molecule has 0 spiro atoms. The Morgan fingerprint density at radius 3 is 2.41 bits per heavy atom. The molecule has 156 valence electrons. The average Bonchev–Trinajstić information content (AvgIpc) is 3.50. The first kappa shape index (κ1) is 21.1. The Hall–Kier alpha value is -2.60. The number of ketones is 1. The fraction of sp³-hybridized carbons (Fsp3) is 0.478. The Balaban J connectivity index is 1.81. The highest BCUT2D eigenvalue weighted by molar-refractivity contribution is 6.03. The van der Waals surface area contributed by atoms with Crippen LogP contribution in [-0.2, 0) is 11.3 Å². The van der Waals surface area contributed by atoms with Gasteiger partial charge in [0.1, 0.15) is 12.3 Å². The van der Waals surface area contributed by atoms with E-state index in [2.05, 4.69) is 17.1 Å². The van der Waals surface area contributed by atoms with Gasteiger partial charge >= 0.3 is 5.97 Å². The molecule has 2 N–H and O–H groups in total. The summed E-state index contributed by atoms with van der Waals surface area (Å²) in [5.74, 6) is 0.487. The summed E-state index contributed by atoms with van der Waals surface area (Å²) in [6.45, 7) is 8.48. The highest BCUT2D eigenvalue weighted by atomic mass is 16.5. The second-order valence-electron chi connectivity index (χ2n) is 7.81. The number of nitrogens with one attached hydrogen (secondary N) is 2. The second-order valence-corrected chi connectivity index (χ2v) is 7.81. The molecule has 1 aliphatic rings. The van der Waals surface area contributed by atoms with Gasteiger partial charge in [-0.1, -0.05) is 0 Å². The van der Waals surface area contributed by atoms with E-state index in [-0.39, 0.29) is 17.8 Å². The Kier molecular flexibility index (Phi) is 6.42. The molecule has 2 atom stereocenters. The van der Waals surface area contributed by atoms with Gasteiger partial charge in [0, 0.05) is 24.1 Å². The number of hydrogen-bond donors (Lipinski definition) is 2. The Morgan fingerprint density at radius 1 is 1.21 bits per heavy atom. The van der Waals surface area contributed by atoms with Crippen molar-refractivity contribution in [2.24, 2.45) is 0 Å². The predicted octanol–water partition coefficient (Wildman–Crippen LogP) is 2.64. The van der Waals surface area contributed by atoms with Crippen LogP contribution in [0.3, 0.4) is 0 Å². The molecule has 1 aromatic heterocycles. The first-order valence-corrected chi connectivity index (χ1v) is 10.3. The number of carbonyl (C=O) groups excluding carboxylic acids is 2. The van der Waals surface area contributed by atoms with E-state index < -0.39 is 0 Å². The normalized spacial score (nSPS) is 15.6. The Morgan fingerprint density at radius 2 is 1.86 bits per heavy atom. The molecule has 1 aromatic carbocycles. The van der Waals surface area contributed by atoms with Gasteiger partial charge in [-0.3, -0.25) is 4.79 Å². The lowest BCUT2D eigenvalue weighted by atomic mass is 10.0. The summed E-state index contributed by atoms with van der Waals surface area (Å²) in [4.78, 5) is 30.0. The molecule has 1 unspecified atom stereocenters. The Bertz CT molecular complexity index is 881. The zero-order chi connectivity index (χ0) is 21.1. The number of quaternary nitrogens is 1. The molecule has 2 aromatic rings. The maximum absolute atomic E-state index is 13.4. The van der Waals surface area contributed by atoms with Gasteiger partial charge in [-0.15, -0.1) is 0 Å². The minimum atomic E-state index is -0.380. The topological polar surface area (TPSA) is 72.8 Å². The highest BCUT2D eigenvalue weighted by Gasteiger charge is 2.40. The zero-order valence-electron chi connectivity index (χ0n) is 17.9. The van der Waals surface area contributed by atoms with Crippen LogP contribution in [0.1, 0.15) is 64.4 Å². The number of H-pyrrole nitrogens is 1. The van der Waals surface area contributed by atoms with Crippen molar-refractivity contribution in [3.8, 4) is 5.75 Å². The largest absolute Gasteiger partial charge is 0.497 e. The minimum Gasteiger partial charge on any atom is -0.497 e. The number of hydrogen-bond acceptors (Lipinski definition) is 4. The molecule has 1 saturated carbocycles. The summed E-state index contributed by atoms with van der Waals surface area (Å²) in [5.41, 5.74) is 3.53. The van der Waals surface area contributed by atoms with E-state index in [1.54, 1.807) is 14.0 Å². The fourth-order valence-corrected chi connectivity index (χ4v) is 3.97. The van der Waals surface area contributed by atoms with E-state index in [1.165, 1.54) is 10.5 Å². The lowest BCUT2D eigenvalue weighted by molar-refractivity contribution is -0.938. The van der Waals surface area contributed by atoms with Crippen LogP contribution in [0.2, 0.25) is 0 Å². The van der Waals surface area contributed by atoms with Gasteiger partial charge in [0.2, 0.25) is 5.78 Å². The van der Waals surface area contributed by atoms with E-state index in [0.29, 0.717) is 35.2 Å². The highest BCUT2D eigenvalue weighted by Crippen LogP contribution is 2.22. The summed E-state index contributed by atoms with van der Waals surface area (Å²) in [6, 6.07) is 8.31. The van der Waals surface area contributed by atoms with Crippen molar-refractivity contribution in [1.29, 1.82) is 0 Å². The molecular weight excluding hydrogens is 368 g/mol. The zero-order valence-corrected chi connectivity index (χ0v) is 17.9. The SMILES string of the molecule is CCOC(=O)c1c(C)[nH]c(C(=O)[C@@H](C)[NH+](Cc2ccc(OC)cc2)C2CC2)c1C. The van der Waals surface area contributed by atoms with E-state index in [9.17, 15) is 9.59 Å². The van der Waals surface area contributed by atoms with E-state index in [4.69, 9.17) is 9.47 Å². The molecule has 1 heterocycles. The third-order valence-electron chi connectivity index (χ3n) is 5.78. The van der Waals surface area contributed by atoms with Crippen molar-refractivity contribution in [3.05, 3.63) is 52.3 Å². The number of aryl methyl sites for hydroxylation is 1. The average molecular weight is 400 g/mol. The molecule has 6 heteroatoms. The predicted molar refractivity (Wildman–Crippen MR) is 111 cm³/mol. The number of rotatable bonds is 9. The molecule has 6 nitrogen and oxygen atoms in total. The molecule has 3 rings (SSSR count). The van der Waals surface area contributed by atoms with Crippen LogP contribution in [0.25, 0.3) is 0 Å². The smallest absolute Gasteiger partial charge is 0.340 e. The summed E-state index contributed by atoms with van der Waals surface area (Å²) in [6.07, 6.45) is 2.28. The third kappa shape index (κ3) is 4.53. The maximum Gasteiger partial charge on any atom is 0.340 e. The van der Waals surface area contributed by atoms with Crippen molar-refractivity contribution >= 4 is 11.8 Å². The minimum absolute atomic E-state index is 0.0385. The number of benzene rings is 1. The van der Waals surface area contributed by atoms with Crippen LogP contribution >= 0.6 is 0 Å². The van der Waals surface area contributed by atoms with E-state index >= 15 is 0 Å². The van der Waals surface area contributed by atoms with Gasteiger partial charge in [0.15, 0.2) is 6.04 Å². The monoisotopic (exact) mass is 399 g/mol. The van der Waals surface area contributed by atoms with Crippen molar-refractivity contribution in [1.82, 2.24) is 4.98 Å². The molecule has 0 aliphatic heterocycles. The fourth-order valence-electron chi connectivity index (χ4n) is 3.97. The van der Waals surface area contributed by atoms with Crippen LogP contribution < -0.4 is 9.64 Å². The van der Waals surface area contributed by atoms with Crippen molar-refractivity contribution in [3.63, 3.8) is 0 Å². The van der Waals surface area contributed by atoms with Gasteiger partial charge in [0.05, 0.1) is 31.0 Å². The first-order chi connectivity index (χ1) is 13.9. The van der Waals surface area contributed by atoms with Gasteiger partial charge in [-0.05, 0) is 57.5 Å². The molecule has 0 radical (unpaired) electrons. The first-order valence-electron chi connectivity index (χ1n) is 10.3. The lowest BCUT2D eigenvalue weighted by Gasteiger charge is -2.25. The number of carbonyl (C=O) groups is 2. The van der Waals surface area contributed by atoms with Gasteiger partial charge in [0.25, 0.3) is 0 Å². The standard InChI is InChI=1S/C23H30N2O4/c1-6-29-23(27)20-14(2)21(24-15(20)3)22(26)16(4)25(18-9-10-18)13-17-7-11-19(28-5)12-8-17/h7-8,11-12,16,18,24H,6,9-10,13H2,1-5H3/p+1/t16-/m1/s1. The molecule has 0 amide bonds. The van der Waals surface area contributed by atoms with E-state index in [1.807, 2.05) is 32.9 Å². The number of aromatic amines is 1. The van der Waals surface area contributed by atoms with Crippen LogP contribution in [0.5, 0.6) is 5.75 Å². The molecule has 0 bridgehead atoms. The Labute approximate surface area is 172 Å². The lowest BCUT2D eigenvalue weighted by Crippen LogP contribution is -3.16. The van der Waals surface area contributed by atoms with Crippen molar-refractivity contribution in [2.75, 3.05) is 13.7 Å². The maximum atomic E-state index is 13.4. The molecular formula is C23H31N2O4+. The van der Waals surface area contributed by atoms with Crippen LogP contribution in [0, 0.1) is 13.8 Å². The van der Waals surface area contributed by atoms with Gasteiger partial charge in [-0.25, -0.2) is 4.79 Å². The van der Waals surface area contributed by atoms with Crippen LogP contribution in [-0.4, -0.2) is 42.5 Å². The summed E-state index contributed by atoms with van der Waals surface area (Å²) < 4.78 is 10.4. The molecule has 1 aliphatic carbocycles.